The minimum Gasteiger partial charge on any atom is -0.350 e. The summed E-state index contributed by atoms with van der Waals surface area (Å²) in [6.45, 7) is 3.16. The maximum Gasteiger partial charge on any atom is 0.256 e. The predicted molar refractivity (Wildman–Crippen MR) is 110 cm³/mol. The molecular weight excluding hydrogens is 382 g/mol. The Morgan fingerprint density at radius 3 is 2.53 bits per heavy atom. The van der Waals surface area contributed by atoms with Crippen LogP contribution in [0.15, 0.2) is 36.8 Å². The number of para-hydroxylation sites is 1. The molecule has 2 aliphatic rings. The number of benzene rings is 1. The number of tetrazole rings is 1. The molecule has 0 atom stereocenters. The highest BCUT2D eigenvalue weighted by Crippen LogP contribution is 2.41. The van der Waals surface area contributed by atoms with Gasteiger partial charge in [0.05, 0.1) is 5.56 Å². The van der Waals surface area contributed by atoms with E-state index in [1.54, 1.807) is 0 Å². The van der Waals surface area contributed by atoms with Crippen LogP contribution < -0.4 is 0 Å². The highest BCUT2D eigenvalue weighted by atomic mass is 16.2. The van der Waals surface area contributed by atoms with E-state index in [1.807, 2.05) is 51.9 Å². The molecule has 4 heterocycles. The number of rotatable bonds is 3. The molecule has 9 heteroatoms. The van der Waals surface area contributed by atoms with Crippen molar-refractivity contribution in [3.63, 3.8) is 0 Å². The number of piperidine rings is 1. The van der Waals surface area contributed by atoms with E-state index in [-0.39, 0.29) is 23.8 Å². The van der Waals surface area contributed by atoms with Crippen LogP contribution in [0.4, 0.5) is 0 Å². The zero-order valence-electron chi connectivity index (χ0n) is 17.1. The molecular formula is C21H25N7O2. The molecule has 156 valence electrons. The van der Waals surface area contributed by atoms with E-state index in [0.717, 1.165) is 61.9 Å². The Labute approximate surface area is 174 Å². The second-order valence-corrected chi connectivity index (χ2v) is 8.54. The van der Waals surface area contributed by atoms with E-state index >= 15 is 0 Å². The molecule has 3 aromatic rings. The minimum absolute atomic E-state index is 0.0406. The maximum absolute atomic E-state index is 13.3. The average Bonchev–Trinajstić information content (AvgIpc) is 3.49. The molecule has 0 radical (unpaired) electrons. The van der Waals surface area contributed by atoms with Crippen LogP contribution in [-0.4, -0.2) is 72.6 Å². The van der Waals surface area contributed by atoms with E-state index in [0.29, 0.717) is 0 Å². The van der Waals surface area contributed by atoms with E-state index in [2.05, 4.69) is 15.5 Å². The number of hydrogen-bond donors (Lipinski definition) is 0. The topological polar surface area (TPSA) is 89.2 Å². The van der Waals surface area contributed by atoms with Gasteiger partial charge in [0.25, 0.3) is 5.91 Å². The molecule has 1 aromatic carbocycles. The average molecular weight is 407 g/mol. The standard InChI is InChI=1S/C21H25N7O2/c1-25-12-17(16-4-2-3-5-18(16)25)20(30)27-11-8-21(14-27)6-9-26(10-7-21)19(29)13-28-15-22-23-24-28/h2-5,12,15H,6-11,13-14H2,1H3. The summed E-state index contributed by atoms with van der Waals surface area (Å²) in [5.41, 5.74) is 1.97. The van der Waals surface area contributed by atoms with Gasteiger partial charge in [-0.2, -0.15) is 0 Å². The number of fused-ring (bicyclic) bond motifs is 1. The Hall–Kier alpha value is -3.23. The van der Waals surface area contributed by atoms with Gasteiger partial charge < -0.3 is 14.4 Å². The predicted octanol–water partition coefficient (Wildman–Crippen LogP) is 1.32. The van der Waals surface area contributed by atoms with E-state index < -0.39 is 0 Å². The molecule has 2 fully saturated rings. The minimum atomic E-state index is 0.0406. The van der Waals surface area contributed by atoms with Gasteiger partial charge in [-0.1, -0.05) is 18.2 Å². The molecule has 0 aliphatic carbocycles. The van der Waals surface area contributed by atoms with Crippen LogP contribution in [0.1, 0.15) is 29.6 Å². The summed E-state index contributed by atoms with van der Waals surface area (Å²) in [7, 11) is 1.98. The number of amides is 2. The van der Waals surface area contributed by atoms with Crippen molar-refractivity contribution in [3.05, 3.63) is 42.4 Å². The van der Waals surface area contributed by atoms with Gasteiger partial charge in [0.1, 0.15) is 12.9 Å². The fourth-order valence-electron chi connectivity index (χ4n) is 4.92. The molecule has 30 heavy (non-hydrogen) atoms. The number of nitrogens with zero attached hydrogens (tertiary/aromatic N) is 7. The Bertz CT molecular complexity index is 1080. The molecule has 1 spiro atoms. The third kappa shape index (κ3) is 3.24. The first-order valence-corrected chi connectivity index (χ1v) is 10.4. The van der Waals surface area contributed by atoms with E-state index in [4.69, 9.17) is 0 Å². The number of carbonyl (C=O) groups excluding carboxylic acids is 2. The quantitative estimate of drug-likeness (QED) is 0.653. The largest absolute Gasteiger partial charge is 0.350 e. The Balaban J connectivity index is 1.24. The van der Waals surface area contributed by atoms with E-state index in [9.17, 15) is 9.59 Å². The second kappa shape index (κ2) is 7.23. The maximum atomic E-state index is 13.3. The molecule has 0 N–H and O–H groups in total. The lowest BCUT2D eigenvalue weighted by atomic mass is 9.78. The van der Waals surface area contributed by atoms with Crippen LogP contribution in [0.5, 0.6) is 0 Å². The third-order valence-corrected chi connectivity index (χ3v) is 6.72. The normalized spacial score (nSPS) is 18.4. The number of aromatic nitrogens is 5. The molecule has 5 rings (SSSR count). The van der Waals surface area contributed by atoms with Gasteiger partial charge in [0, 0.05) is 50.3 Å². The van der Waals surface area contributed by atoms with Crippen molar-refractivity contribution in [2.45, 2.75) is 25.8 Å². The first-order chi connectivity index (χ1) is 14.5. The number of carbonyl (C=O) groups is 2. The Kier molecular flexibility index (Phi) is 4.52. The van der Waals surface area contributed by atoms with Gasteiger partial charge in [-0.3, -0.25) is 9.59 Å². The molecule has 2 aliphatic heterocycles. The SMILES string of the molecule is Cn1cc(C(=O)N2CCC3(CCN(C(=O)Cn4cnnn4)CC3)C2)c2ccccc21. The molecule has 0 bridgehead atoms. The van der Waals surface area contributed by atoms with Crippen molar-refractivity contribution >= 4 is 22.7 Å². The Morgan fingerprint density at radius 1 is 1.07 bits per heavy atom. The summed E-state index contributed by atoms with van der Waals surface area (Å²) in [5.74, 6) is 0.152. The van der Waals surface area contributed by atoms with Crippen LogP contribution in [0.3, 0.4) is 0 Å². The number of likely N-dealkylation sites (tertiary alicyclic amines) is 2. The van der Waals surface area contributed by atoms with Crippen molar-refractivity contribution in [2.75, 3.05) is 26.2 Å². The molecule has 2 aromatic heterocycles. The van der Waals surface area contributed by atoms with Gasteiger partial charge in [-0.05, 0) is 41.2 Å². The van der Waals surface area contributed by atoms with Crippen molar-refractivity contribution in [3.8, 4) is 0 Å². The van der Waals surface area contributed by atoms with Gasteiger partial charge in [0.2, 0.25) is 5.91 Å². The number of aryl methyl sites for hydroxylation is 1. The first-order valence-electron chi connectivity index (χ1n) is 10.4. The molecule has 2 saturated heterocycles. The van der Waals surface area contributed by atoms with Crippen LogP contribution in [0, 0.1) is 5.41 Å². The summed E-state index contributed by atoms with van der Waals surface area (Å²) >= 11 is 0. The highest BCUT2D eigenvalue weighted by molar-refractivity contribution is 6.07. The van der Waals surface area contributed by atoms with Crippen molar-refractivity contribution in [1.82, 2.24) is 34.6 Å². The lowest BCUT2D eigenvalue weighted by Gasteiger charge is -2.39. The van der Waals surface area contributed by atoms with Crippen molar-refractivity contribution < 1.29 is 9.59 Å². The summed E-state index contributed by atoms with van der Waals surface area (Å²) in [6.07, 6.45) is 6.25. The monoisotopic (exact) mass is 407 g/mol. The first kappa shape index (κ1) is 18.8. The second-order valence-electron chi connectivity index (χ2n) is 8.54. The lowest BCUT2D eigenvalue weighted by Crippen LogP contribution is -2.45. The summed E-state index contributed by atoms with van der Waals surface area (Å²) < 4.78 is 3.47. The molecule has 0 saturated carbocycles. The fourth-order valence-corrected chi connectivity index (χ4v) is 4.92. The van der Waals surface area contributed by atoms with Crippen LogP contribution in [-0.2, 0) is 18.4 Å². The summed E-state index contributed by atoms with van der Waals surface area (Å²) in [5, 5.41) is 11.9. The number of hydrogen-bond acceptors (Lipinski definition) is 5. The fraction of sp³-hybridized carbons (Fsp3) is 0.476. The molecule has 2 amide bonds. The summed E-state index contributed by atoms with van der Waals surface area (Å²) in [4.78, 5) is 29.7. The van der Waals surface area contributed by atoms with Gasteiger partial charge in [0.15, 0.2) is 0 Å². The van der Waals surface area contributed by atoms with Gasteiger partial charge in [-0.25, -0.2) is 4.68 Å². The molecule has 9 nitrogen and oxygen atoms in total. The van der Waals surface area contributed by atoms with Gasteiger partial charge >= 0.3 is 0 Å². The van der Waals surface area contributed by atoms with Crippen LogP contribution in [0.2, 0.25) is 0 Å². The lowest BCUT2D eigenvalue weighted by molar-refractivity contribution is -0.134. The summed E-state index contributed by atoms with van der Waals surface area (Å²) in [6, 6.07) is 8.03. The Morgan fingerprint density at radius 2 is 1.80 bits per heavy atom. The smallest absolute Gasteiger partial charge is 0.256 e. The zero-order chi connectivity index (χ0) is 20.7. The van der Waals surface area contributed by atoms with Crippen molar-refractivity contribution in [1.29, 1.82) is 0 Å². The van der Waals surface area contributed by atoms with Crippen LogP contribution >= 0.6 is 0 Å². The zero-order valence-corrected chi connectivity index (χ0v) is 17.1. The van der Waals surface area contributed by atoms with E-state index in [1.165, 1.54) is 11.0 Å². The highest BCUT2D eigenvalue weighted by Gasteiger charge is 2.43. The third-order valence-electron chi connectivity index (χ3n) is 6.72. The van der Waals surface area contributed by atoms with Gasteiger partial charge in [-0.15, -0.1) is 5.10 Å². The van der Waals surface area contributed by atoms with Crippen molar-refractivity contribution in [2.24, 2.45) is 12.5 Å². The van der Waals surface area contributed by atoms with Crippen LogP contribution in [0.25, 0.3) is 10.9 Å². The molecule has 0 unspecified atom stereocenters.